The highest BCUT2D eigenvalue weighted by Crippen LogP contribution is 2.28. The maximum absolute atomic E-state index is 10.6. The molecular formula is C12H14O2S2. The van der Waals surface area contributed by atoms with Gasteiger partial charge in [-0.3, -0.25) is 4.79 Å². The minimum atomic E-state index is -0.243. The number of benzene rings is 1. The fourth-order valence-electron chi connectivity index (χ4n) is 1.02. The molecule has 1 aromatic rings. The van der Waals surface area contributed by atoms with E-state index < -0.39 is 0 Å². The first-order chi connectivity index (χ1) is 7.72. The smallest absolute Gasteiger partial charge is 0.303 e. The monoisotopic (exact) mass is 254 g/mol. The Balaban J connectivity index is 2.54. The quantitative estimate of drug-likeness (QED) is 0.592. The van der Waals surface area contributed by atoms with Crippen LogP contribution in [0.25, 0.3) is 6.08 Å². The Kier molecular flexibility index (Phi) is 6.11. The lowest BCUT2D eigenvalue weighted by molar-refractivity contribution is -0.138. The minimum Gasteiger partial charge on any atom is -0.454 e. The average Bonchev–Trinajstić information content (AvgIpc) is 2.28. The number of thioether (sulfide) groups is 2. The summed E-state index contributed by atoms with van der Waals surface area (Å²) in [4.78, 5) is 10.6. The van der Waals surface area contributed by atoms with E-state index in [-0.39, 0.29) is 5.97 Å². The predicted octanol–water partition coefficient (Wildman–Crippen LogP) is 3.60. The van der Waals surface area contributed by atoms with E-state index in [4.69, 9.17) is 4.74 Å². The van der Waals surface area contributed by atoms with Crippen molar-refractivity contribution in [3.63, 3.8) is 0 Å². The van der Waals surface area contributed by atoms with Crippen LogP contribution in [0.2, 0.25) is 0 Å². The first-order valence-electron chi connectivity index (χ1n) is 4.79. The number of ether oxygens (including phenoxy) is 1. The van der Waals surface area contributed by atoms with E-state index in [9.17, 15) is 4.79 Å². The zero-order valence-corrected chi connectivity index (χ0v) is 10.9. The molecule has 4 heteroatoms. The topological polar surface area (TPSA) is 26.3 Å². The molecule has 0 aliphatic rings. The third kappa shape index (κ3) is 5.28. The summed E-state index contributed by atoms with van der Waals surface area (Å²) in [5, 5.41) is 0. The van der Waals surface area contributed by atoms with Gasteiger partial charge in [0.05, 0.1) is 0 Å². The summed E-state index contributed by atoms with van der Waals surface area (Å²) in [6.45, 7) is 1.42. The largest absolute Gasteiger partial charge is 0.454 e. The molecule has 16 heavy (non-hydrogen) atoms. The van der Waals surface area contributed by atoms with Gasteiger partial charge in [0, 0.05) is 11.2 Å². The lowest BCUT2D eigenvalue weighted by Crippen LogP contribution is -1.96. The molecule has 1 aromatic carbocycles. The van der Waals surface area contributed by atoms with Gasteiger partial charge in [-0.25, -0.2) is 0 Å². The van der Waals surface area contributed by atoms with Crippen LogP contribution in [0.1, 0.15) is 12.5 Å². The van der Waals surface area contributed by atoms with Crippen molar-refractivity contribution in [1.29, 1.82) is 0 Å². The summed E-state index contributed by atoms with van der Waals surface area (Å²) < 4.78 is 6.01. The van der Waals surface area contributed by atoms with E-state index in [1.165, 1.54) is 18.7 Å². The van der Waals surface area contributed by atoms with Crippen molar-refractivity contribution in [3.8, 4) is 0 Å². The summed E-state index contributed by atoms with van der Waals surface area (Å²) in [5.74, 6) is 0.127. The molecule has 2 nitrogen and oxygen atoms in total. The Bertz CT molecular complexity index is 361. The average molecular weight is 254 g/mol. The number of hydrogen-bond acceptors (Lipinski definition) is 4. The third-order valence-electron chi connectivity index (χ3n) is 1.75. The molecule has 0 amide bonds. The molecule has 86 valence electrons. The molecule has 0 saturated carbocycles. The number of carbonyl (C=O) groups excluding carboxylic acids is 1. The van der Waals surface area contributed by atoms with Crippen LogP contribution < -0.4 is 0 Å². The van der Waals surface area contributed by atoms with Crippen LogP contribution >= 0.6 is 23.5 Å². The van der Waals surface area contributed by atoms with E-state index in [0.717, 1.165) is 9.80 Å². The second-order valence-electron chi connectivity index (χ2n) is 2.98. The maximum atomic E-state index is 10.6. The maximum Gasteiger partial charge on any atom is 0.303 e. The standard InChI is InChI=1S/C12H14O2S2/c1-10(13)14-9-16-12(15-2)8-11-6-4-3-5-7-11/h3-8H,9H2,1-2H3. The van der Waals surface area contributed by atoms with Gasteiger partial charge in [0.15, 0.2) is 0 Å². The van der Waals surface area contributed by atoms with Crippen LogP contribution in [-0.4, -0.2) is 18.2 Å². The predicted molar refractivity (Wildman–Crippen MR) is 72.2 cm³/mol. The molecular weight excluding hydrogens is 240 g/mol. The summed E-state index contributed by atoms with van der Waals surface area (Å²) in [7, 11) is 0. The lowest BCUT2D eigenvalue weighted by atomic mass is 10.2. The molecule has 0 heterocycles. The first-order valence-corrected chi connectivity index (χ1v) is 7.00. The van der Waals surface area contributed by atoms with Gasteiger partial charge in [-0.1, -0.05) is 42.1 Å². The van der Waals surface area contributed by atoms with Crippen molar-refractivity contribution in [3.05, 3.63) is 40.1 Å². The fraction of sp³-hybridized carbons (Fsp3) is 0.250. The van der Waals surface area contributed by atoms with Crippen molar-refractivity contribution in [1.82, 2.24) is 0 Å². The molecule has 0 unspecified atom stereocenters. The van der Waals surface area contributed by atoms with Gasteiger partial charge in [0.2, 0.25) is 0 Å². The van der Waals surface area contributed by atoms with Crippen molar-refractivity contribution in [2.45, 2.75) is 6.92 Å². The molecule has 0 spiro atoms. The van der Waals surface area contributed by atoms with Gasteiger partial charge in [-0.2, -0.15) is 0 Å². The van der Waals surface area contributed by atoms with Gasteiger partial charge in [0.1, 0.15) is 5.94 Å². The first kappa shape index (κ1) is 13.2. The molecule has 0 fully saturated rings. The van der Waals surface area contributed by atoms with E-state index in [1.54, 1.807) is 11.8 Å². The Morgan fingerprint density at radius 3 is 2.62 bits per heavy atom. The van der Waals surface area contributed by atoms with Crippen LogP contribution in [0.4, 0.5) is 0 Å². The van der Waals surface area contributed by atoms with Gasteiger partial charge in [-0.05, 0) is 17.9 Å². The summed E-state index contributed by atoms with van der Waals surface area (Å²) >= 11 is 3.17. The van der Waals surface area contributed by atoms with Crippen LogP contribution in [0, 0.1) is 0 Å². The Hall–Kier alpha value is -0.870. The Morgan fingerprint density at radius 2 is 2.06 bits per heavy atom. The van der Waals surface area contributed by atoms with Gasteiger partial charge in [0.25, 0.3) is 0 Å². The van der Waals surface area contributed by atoms with Crippen LogP contribution in [0.3, 0.4) is 0 Å². The van der Waals surface area contributed by atoms with Crippen LogP contribution in [0.5, 0.6) is 0 Å². The number of rotatable bonds is 5. The summed E-state index contributed by atoms with van der Waals surface area (Å²) in [6, 6.07) is 10.1. The SMILES string of the molecule is CSC(=Cc1ccccc1)SCOC(C)=O. The fourth-order valence-corrected chi connectivity index (χ4v) is 2.45. The van der Waals surface area contributed by atoms with Crippen molar-refractivity contribution in [2.75, 3.05) is 12.2 Å². The third-order valence-corrected chi connectivity index (χ3v) is 3.76. The Morgan fingerprint density at radius 1 is 1.38 bits per heavy atom. The van der Waals surface area contributed by atoms with E-state index >= 15 is 0 Å². The molecule has 0 aliphatic heterocycles. The van der Waals surface area contributed by atoms with Gasteiger partial charge < -0.3 is 4.74 Å². The summed E-state index contributed by atoms with van der Waals surface area (Å²) in [6.07, 6.45) is 4.09. The normalized spacial score (nSPS) is 11.2. The van der Waals surface area contributed by atoms with Crippen molar-refractivity contribution < 1.29 is 9.53 Å². The van der Waals surface area contributed by atoms with Crippen molar-refractivity contribution in [2.24, 2.45) is 0 Å². The van der Waals surface area contributed by atoms with Crippen LogP contribution in [0.15, 0.2) is 34.6 Å². The molecule has 0 aromatic heterocycles. The number of carbonyl (C=O) groups is 1. The van der Waals surface area contributed by atoms with E-state index in [1.807, 2.05) is 36.6 Å². The molecule has 0 aliphatic carbocycles. The summed E-state index contributed by atoms with van der Waals surface area (Å²) in [5.41, 5.74) is 1.15. The molecule has 0 atom stereocenters. The molecule has 0 N–H and O–H groups in total. The van der Waals surface area contributed by atoms with Gasteiger partial charge in [-0.15, -0.1) is 11.8 Å². The molecule has 1 rings (SSSR count). The highest BCUT2D eigenvalue weighted by Gasteiger charge is 1.99. The van der Waals surface area contributed by atoms with Crippen LogP contribution in [-0.2, 0) is 9.53 Å². The Labute approximate surface area is 104 Å². The molecule has 0 radical (unpaired) electrons. The van der Waals surface area contributed by atoms with E-state index in [0.29, 0.717) is 5.94 Å². The lowest BCUT2D eigenvalue weighted by Gasteiger charge is -2.04. The van der Waals surface area contributed by atoms with E-state index in [2.05, 4.69) is 6.08 Å². The highest BCUT2D eigenvalue weighted by atomic mass is 32.2. The molecule has 0 bridgehead atoms. The minimum absolute atomic E-state index is 0.243. The van der Waals surface area contributed by atoms with Crippen molar-refractivity contribution >= 4 is 35.6 Å². The highest BCUT2D eigenvalue weighted by molar-refractivity contribution is 8.22. The van der Waals surface area contributed by atoms with Gasteiger partial charge >= 0.3 is 5.97 Å². The number of esters is 1. The zero-order valence-electron chi connectivity index (χ0n) is 9.30. The molecule has 0 saturated heterocycles. The number of hydrogen-bond donors (Lipinski definition) is 0. The second kappa shape index (κ2) is 7.41. The second-order valence-corrected chi connectivity index (χ2v) is 5.05. The zero-order chi connectivity index (χ0) is 11.8.